The van der Waals surface area contributed by atoms with Gasteiger partial charge in [0.15, 0.2) is 11.0 Å². The Morgan fingerprint density at radius 1 is 1.05 bits per heavy atom. The lowest BCUT2D eigenvalue weighted by atomic mass is 9.57. The number of carbonyl (C=O) groups excluding carboxylic acids is 1. The summed E-state index contributed by atoms with van der Waals surface area (Å²) in [6.45, 7) is 13.8. The van der Waals surface area contributed by atoms with Crippen molar-refractivity contribution in [1.82, 2.24) is 0 Å². The van der Waals surface area contributed by atoms with Gasteiger partial charge < -0.3 is 15.1 Å². The molecule has 2 aromatic carbocycles. The molecule has 1 fully saturated rings. The van der Waals surface area contributed by atoms with E-state index >= 15 is 0 Å². The summed E-state index contributed by atoms with van der Waals surface area (Å²) in [6.07, 6.45) is -3.00. The van der Waals surface area contributed by atoms with Crippen LogP contribution in [0.5, 0.6) is 0 Å². The molecule has 0 saturated carbocycles. The van der Waals surface area contributed by atoms with E-state index in [1.54, 1.807) is 0 Å². The third kappa shape index (κ3) is 5.00. The number of allylic oxidation sites excluding steroid dienone is 2. The first-order valence-electron chi connectivity index (χ1n) is 11.8. The number of hydrogen-bond donors (Lipinski definition) is 2. The number of nitrogens with zero attached hydrogens (tertiary/aromatic N) is 1. The van der Waals surface area contributed by atoms with Crippen LogP contribution in [0.2, 0.25) is 0 Å². The van der Waals surface area contributed by atoms with Gasteiger partial charge in [-0.15, -0.1) is 0 Å². The van der Waals surface area contributed by atoms with Gasteiger partial charge in [0.05, 0.1) is 19.1 Å². The molecule has 9 heteroatoms. The number of halogens is 5. The van der Waals surface area contributed by atoms with E-state index in [-0.39, 0.29) is 41.8 Å². The number of aliphatic hydroxyl groups is 2. The van der Waals surface area contributed by atoms with E-state index in [4.69, 9.17) is 0 Å². The molecule has 2 aromatic rings. The van der Waals surface area contributed by atoms with Gasteiger partial charge in [-0.1, -0.05) is 50.1 Å². The number of piperidine rings is 1. The number of amides is 1. The smallest absolute Gasteiger partial charge is 0.393 e. The van der Waals surface area contributed by atoms with Gasteiger partial charge in [0.2, 0.25) is 5.91 Å². The van der Waals surface area contributed by atoms with Crippen molar-refractivity contribution >= 4 is 11.6 Å². The van der Waals surface area contributed by atoms with Crippen molar-refractivity contribution in [3.8, 4) is 0 Å². The molecular weight excluding hydrogens is 505 g/mol. The number of carbonyl (C=O) groups is 1. The normalized spacial score (nSPS) is 19.8. The lowest BCUT2D eigenvalue weighted by molar-refractivity contribution is -0.139. The Morgan fingerprint density at radius 2 is 1.66 bits per heavy atom. The van der Waals surface area contributed by atoms with Crippen molar-refractivity contribution in [2.75, 3.05) is 18.1 Å². The molecule has 3 unspecified atom stereocenters. The van der Waals surface area contributed by atoms with Crippen LogP contribution in [0.3, 0.4) is 0 Å². The largest absolute Gasteiger partial charge is 0.416 e. The Morgan fingerprint density at radius 3 is 2.21 bits per heavy atom. The van der Waals surface area contributed by atoms with E-state index in [9.17, 15) is 37.0 Å². The fraction of sp³-hybridized carbons (Fsp3) is 0.310. The first kappa shape index (κ1) is 29.1. The molecule has 3 atom stereocenters. The number of anilines is 1. The molecule has 1 aliphatic rings. The van der Waals surface area contributed by atoms with Crippen LogP contribution in [0, 0.1) is 18.3 Å². The minimum atomic E-state index is -4.70. The molecule has 38 heavy (non-hydrogen) atoms. The molecule has 1 amide bonds. The van der Waals surface area contributed by atoms with Crippen LogP contribution in [0.15, 0.2) is 86.0 Å². The SMILES string of the molecule is C=CC(=C)C([CH2+])(C1CCN(c2cccc(C(F)(F)C=C)c2)C(=O)C1)C(O)(CO)c1cccc(C(F)(F)F)c1. The Bertz CT molecular complexity index is 1240. The summed E-state index contributed by atoms with van der Waals surface area (Å²) < 4.78 is 68.5. The van der Waals surface area contributed by atoms with Crippen molar-refractivity contribution < 1.29 is 37.0 Å². The molecule has 4 nitrogen and oxygen atoms in total. The van der Waals surface area contributed by atoms with Crippen LogP contribution >= 0.6 is 0 Å². The predicted molar refractivity (Wildman–Crippen MR) is 135 cm³/mol. The molecule has 0 aromatic heterocycles. The van der Waals surface area contributed by atoms with Gasteiger partial charge in [-0.05, 0) is 47.9 Å². The third-order valence-corrected chi connectivity index (χ3v) is 7.37. The van der Waals surface area contributed by atoms with Gasteiger partial charge in [0.1, 0.15) is 0 Å². The number of rotatable bonds is 9. The molecule has 0 bridgehead atoms. The van der Waals surface area contributed by atoms with Crippen LogP contribution in [-0.2, 0) is 22.5 Å². The molecule has 0 aliphatic carbocycles. The standard InChI is InChI=1S/C29H29F5NO3/c1-5-19(3)26(4,27(38,18-36)21-9-7-11-23(15-21)29(32,33)34)20-13-14-35(25(37)17-20)24-12-8-10-22(16-24)28(30,31)6-2/h5-12,15-16,20,36,38H,1-4,13-14,17-18H2/q+1. The predicted octanol–water partition coefficient (Wildman–Crippen LogP) is 6.17. The average Bonchev–Trinajstić information content (AvgIpc) is 2.91. The Kier molecular flexibility index (Phi) is 7.96. The first-order chi connectivity index (χ1) is 17.7. The summed E-state index contributed by atoms with van der Waals surface area (Å²) in [5, 5.41) is 22.1. The van der Waals surface area contributed by atoms with E-state index in [0.29, 0.717) is 6.08 Å². The third-order valence-electron chi connectivity index (χ3n) is 7.37. The summed E-state index contributed by atoms with van der Waals surface area (Å²) in [4.78, 5) is 14.6. The quantitative estimate of drug-likeness (QED) is 0.175. The minimum Gasteiger partial charge on any atom is -0.393 e. The number of alkyl halides is 5. The second-order valence-corrected chi connectivity index (χ2v) is 9.41. The van der Waals surface area contributed by atoms with Gasteiger partial charge >= 0.3 is 6.18 Å². The van der Waals surface area contributed by atoms with E-state index in [2.05, 4.69) is 26.7 Å². The Hall–Kier alpha value is -3.43. The first-order valence-corrected chi connectivity index (χ1v) is 11.8. The molecule has 1 aliphatic heterocycles. The monoisotopic (exact) mass is 534 g/mol. The molecular formula is C29H29F5NO3+. The Labute approximate surface area is 218 Å². The Balaban J connectivity index is 2.01. The summed E-state index contributed by atoms with van der Waals surface area (Å²) in [6, 6.07) is 9.22. The highest BCUT2D eigenvalue weighted by molar-refractivity contribution is 5.94. The van der Waals surface area contributed by atoms with Crippen molar-refractivity contribution in [1.29, 1.82) is 0 Å². The van der Waals surface area contributed by atoms with Crippen LogP contribution in [0.25, 0.3) is 0 Å². The molecule has 202 valence electrons. The summed E-state index contributed by atoms with van der Waals surface area (Å²) in [5.74, 6) is -4.57. The number of hydrogen-bond acceptors (Lipinski definition) is 3. The highest BCUT2D eigenvalue weighted by atomic mass is 19.4. The van der Waals surface area contributed by atoms with Gasteiger partial charge in [-0.25, -0.2) is 0 Å². The van der Waals surface area contributed by atoms with Gasteiger partial charge in [-0.3, -0.25) is 4.79 Å². The highest BCUT2D eigenvalue weighted by Crippen LogP contribution is 2.54. The molecule has 2 N–H and O–H groups in total. The van der Waals surface area contributed by atoms with Gasteiger partial charge in [-0.2, -0.15) is 22.0 Å². The lowest BCUT2D eigenvalue weighted by Gasteiger charge is -2.46. The molecule has 0 spiro atoms. The second kappa shape index (κ2) is 10.4. The van der Waals surface area contributed by atoms with E-state index < -0.39 is 47.1 Å². The zero-order chi connectivity index (χ0) is 28.5. The highest BCUT2D eigenvalue weighted by Gasteiger charge is 2.61. The van der Waals surface area contributed by atoms with Crippen molar-refractivity contribution in [3.63, 3.8) is 0 Å². The molecule has 1 heterocycles. The maximum absolute atomic E-state index is 14.1. The van der Waals surface area contributed by atoms with E-state index in [1.165, 1.54) is 41.3 Å². The van der Waals surface area contributed by atoms with Gasteiger partial charge in [0.25, 0.3) is 5.92 Å². The summed E-state index contributed by atoms with van der Waals surface area (Å²) >= 11 is 0. The molecule has 3 rings (SSSR count). The van der Waals surface area contributed by atoms with Crippen LogP contribution in [0.4, 0.5) is 27.6 Å². The van der Waals surface area contributed by atoms with E-state index in [1.807, 2.05) is 0 Å². The van der Waals surface area contributed by atoms with Crippen molar-refractivity contribution in [3.05, 3.63) is 110 Å². The van der Waals surface area contributed by atoms with Crippen LogP contribution in [-0.4, -0.2) is 29.3 Å². The molecule has 0 radical (unpaired) electrons. The lowest BCUT2D eigenvalue weighted by Crippen LogP contribution is -2.55. The summed E-state index contributed by atoms with van der Waals surface area (Å²) in [7, 11) is 0. The van der Waals surface area contributed by atoms with Gasteiger partial charge in [0, 0.05) is 30.1 Å². The fourth-order valence-electron chi connectivity index (χ4n) is 5.02. The maximum atomic E-state index is 14.1. The minimum absolute atomic E-state index is 0.0401. The van der Waals surface area contributed by atoms with Crippen LogP contribution < -0.4 is 4.90 Å². The fourth-order valence-corrected chi connectivity index (χ4v) is 5.02. The number of aliphatic hydroxyl groups excluding tert-OH is 1. The topological polar surface area (TPSA) is 60.8 Å². The van der Waals surface area contributed by atoms with Crippen molar-refractivity contribution in [2.24, 2.45) is 11.3 Å². The van der Waals surface area contributed by atoms with E-state index in [0.717, 1.165) is 18.2 Å². The molecule has 1 saturated heterocycles. The average molecular weight is 535 g/mol. The second-order valence-electron chi connectivity index (χ2n) is 9.41. The maximum Gasteiger partial charge on any atom is 0.416 e. The van der Waals surface area contributed by atoms with Crippen molar-refractivity contribution in [2.45, 2.75) is 30.5 Å². The van der Waals surface area contributed by atoms with Crippen LogP contribution in [0.1, 0.15) is 29.5 Å². The zero-order valence-corrected chi connectivity index (χ0v) is 20.6. The number of benzene rings is 2. The zero-order valence-electron chi connectivity index (χ0n) is 20.6. The summed E-state index contributed by atoms with van der Waals surface area (Å²) in [5.41, 5.74) is -5.39.